The predicted molar refractivity (Wildman–Crippen MR) is 116 cm³/mol. The maximum atomic E-state index is 13.5. The number of fused-ring (bicyclic) bond motifs is 1. The van der Waals surface area contributed by atoms with E-state index >= 15 is 0 Å². The van der Waals surface area contributed by atoms with Crippen molar-refractivity contribution >= 4 is 23.3 Å². The van der Waals surface area contributed by atoms with Crippen LogP contribution in [-0.2, 0) is 14.3 Å². The maximum absolute atomic E-state index is 13.5. The minimum absolute atomic E-state index is 0.0729. The summed E-state index contributed by atoms with van der Waals surface area (Å²) < 4.78 is 19.8. The highest BCUT2D eigenvalue weighted by Crippen LogP contribution is 2.34. The van der Waals surface area contributed by atoms with Gasteiger partial charge in [0, 0.05) is 23.7 Å². The molecule has 6 nitrogen and oxygen atoms in total. The van der Waals surface area contributed by atoms with Crippen LogP contribution in [0.2, 0.25) is 0 Å². The van der Waals surface area contributed by atoms with Gasteiger partial charge in [0.1, 0.15) is 18.0 Å². The Kier molecular flexibility index (Phi) is 6.97. The third kappa shape index (κ3) is 5.24. The van der Waals surface area contributed by atoms with Gasteiger partial charge in [-0.15, -0.1) is 0 Å². The summed E-state index contributed by atoms with van der Waals surface area (Å²) >= 11 is 0. The number of esters is 1. The number of benzene rings is 1. The Balaban J connectivity index is 2.03. The molecule has 1 aromatic carbocycles. The number of halogens is 1. The summed E-state index contributed by atoms with van der Waals surface area (Å²) in [5.41, 5.74) is 4.09. The standard InChI is InChI=1S/C24H25FN2O4/c1-15(2)24-20(11-10-18(28)13-19(29)14-22(30)31-3)23(16-6-8-17(25)9-7-16)21-5-4-12-27(21)26-24/h4-12,15,18,28H,13-14H2,1-3H3/b11-10+. The molecule has 1 N–H and O–H groups in total. The van der Waals surface area contributed by atoms with Gasteiger partial charge in [0.25, 0.3) is 0 Å². The summed E-state index contributed by atoms with van der Waals surface area (Å²) in [4.78, 5) is 23.2. The van der Waals surface area contributed by atoms with Gasteiger partial charge in [0.2, 0.25) is 0 Å². The van der Waals surface area contributed by atoms with Gasteiger partial charge in [0.15, 0.2) is 0 Å². The molecule has 0 radical (unpaired) electrons. The van der Waals surface area contributed by atoms with Gasteiger partial charge in [-0.25, -0.2) is 8.91 Å². The van der Waals surface area contributed by atoms with Crippen molar-refractivity contribution in [3.8, 4) is 11.1 Å². The summed E-state index contributed by atoms with van der Waals surface area (Å²) in [6.45, 7) is 4.03. The number of rotatable bonds is 8. The average molecular weight is 424 g/mol. The van der Waals surface area contributed by atoms with Crippen LogP contribution in [0.15, 0.2) is 48.7 Å². The van der Waals surface area contributed by atoms with Crippen LogP contribution in [0, 0.1) is 5.82 Å². The highest BCUT2D eigenvalue weighted by molar-refractivity contribution is 5.96. The number of carbonyl (C=O) groups excluding carboxylic acids is 2. The molecule has 3 aromatic rings. The van der Waals surface area contributed by atoms with Gasteiger partial charge in [-0.2, -0.15) is 5.10 Å². The third-order valence-corrected chi connectivity index (χ3v) is 4.92. The molecular formula is C24H25FN2O4. The molecule has 2 aromatic heterocycles. The van der Waals surface area contributed by atoms with Gasteiger partial charge < -0.3 is 9.84 Å². The minimum Gasteiger partial charge on any atom is -0.469 e. The fourth-order valence-electron chi connectivity index (χ4n) is 3.42. The van der Waals surface area contributed by atoms with E-state index in [1.54, 1.807) is 22.7 Å². The van der Waals surface area contributed by atoms with Crippen LogP contribution in [0.3, 0.4) is 0 Å². The molecule has 162 valence electrons. The molecule has 31 heavy (non-hydrogen) atoms. The molecule has 0 aliphatic carbocycles. The fourth-order valence-corrected chi connectivity index (χ4v) is 3.42. The average Bonchev–Trinajstić information content (AvgIpc) is 3.20. The van der Waals surface area contributed by atoms with Crippen molar-refractivity contribution in [1.29, 1.82) is 0 Å². The minimum atomic E-state index is -1.07. The molecule has 0 amide bonds. The van der Waals surface area contributed by atoms with Crippen LogP contribution in [0.25, 0.3) is 22.7 Å². The first-order chi connectivity index (χ1) is 14.8. The summed E-state index contributed by atoms with van der Waals surface area (Å²) in [6, 6.07) is 10.0. The Morgan fingerprint density at radius 1 is 1.23 bits per heavy atom. The Bertz CT molecular complexity index is 1120. The molecule has 0 aliphatic rings. The van der Waals surface area contributed by atoms with Crippen molar-refractivity contribution in [2.45, 2.75) is 38.7 Å². The second-order valence-electron chi connectivity index (χ2n) is 7.60. The van der Waals surface area contributed by atoms with E-state index in [0.717, 1.165) is 27.9 Å². The first-order valence-corrected chi connectivity index (χ1v) is 10.0. The van der Waals surface area contributed by atoms with Crippen molar-refractivity contribution in [1.82, 2.24) is 9.61 Å². The summed E-state index contributed by atoms with van der Waals surface area (Å²) in [5.74, 6) is -1.30. The van der Waals surface area contributed by atoms with E-state index in [1.165, 1.54) is 25.3 Å². The van der Waals surface area contributed by atoms with E-state index in [0.29, 0.717) is 0 Å². The Labute approximate surface area is 180 Å². The molecule has 3 rings (SSSR count). The summed E-state index contributed by atoms with van der Waals surface area (Å²) in [5, 5.41) is 15.0. The first kappa shape index (κ1) is 22.4. The van der Waals surface area contributed by atoms with Crippen LogP contribution in [0.1, 0.15) is 43.9 Å². The number of nitrogens with zero attached hydrogens (tertiary/aromatic N) is 2. The van der Waals surface area contributed by atoms with Gasteiger partial charge in [-0.1, -0.05) is 38.1 Å². The van der Waals surface area contributed by atoms with Gasteiger partial charge in [-0.3, -0.25) is 9.59 Å². The highest BCUT2D eigenvalue weighted by Gasteiger charge is 2.18. The second-order valence-corrected chi connectivity index (χ2v) is 7.60. The quantitative estimate of drug-likeness (QED) is 0.434. The van der Waals surface area contributed by atoms with Gasteiger partial charge in [0.05, 0.1) is 24.4 Å². The summed E-state index contributed by atoms with van der Waals surface area (Å²) in [6.07, 6.45) is 3.46. The van der Waals surface area contributed by atoms with Crippen molar-refractivity contribution in [2.24, 2.45) is 0 Å². The second kappa shape index (κ2) is 9.66. The van der Waals surface area contributed by atoms with Crippen molar-refractivity contribution < 1.29 is 23.8 Å². The van der Waals surface area contributed by atoms with E-state index in [1.807, 2.05) is 32.2 Å². The molecular weight excluding hydrogens is 399 g/mol. The zero-order valence-corrected chi connectivity index (χ0v) is 17.7. The zero-order chi connectivity index (χ0) is 22.5. The Hall–Kier alpha value is -3.32. The van der Waals surface area contributed by atoms with Gasteiger partial charge in [-0.05, 0) is 35.7 Å². The highest BCUT2D eigenvalue weighted by atomic mass is 19.1. The number of hydrogen-bond donors (Lipinski definition) is 1. The molecule has 1 unspecified atom stereocenters. The lowest BCUT2D eigenvalue weighted by atomic mass is 9.93. The molecule has 0 bridgehead atoms. The van der Waals surface area contributed by atoms with E-state index in [4.69, 9.17) is 5.10 Å². The van der Waals surface area contributed by atoms with E-state index in [2.05, 4.69) is 4.74 Å². The van der Waals surface area contributed by atoms with Crippen molar-refractivity contribution in [3.63, 3.8) is 0 Å². The smallest absolute Gasteiger partial charge is 0.313 e. The molecule has 0 aliphatic heterocycles. The number of aliphatic hydroxyl groups is 1. The van der Waals surface area contributed by atoms with E-state index in [-0.39, 0.29) is 24.6 Å². The van der Waals surface area contributed by atoms with Crippen LogP contribution in [-0.4, -0.2) is 39.7 Å². The molecule has 7 heteroatoms. The molecule has 0 saturated heterocycles. The Morgan fingerprint density at radius 3 is 2.58 bits per heavy atom. The molecule has 0 spiro atoms. The zero-order valence-electron chi connectivity index (χ0n) is 17.7. The number of aliphatic hydroxyl groups excluding tert-OH is 1. The number of ether oxygens (including phenoxy) is 1. The lowest BCUT2D eigenvalue weighted by molar-refractivity contribution is -0.143. The number of hydrogen-bond acceptors (Lipinski definition) is 5. The molecule has 0 fully saturated rings. The molecule has 1 atom stereocenters. The monoisotopic (exact) mass is 424 g/mol. The fraction of sp³-hybridized carbons (Fsp3) is 0.292. The van der Waals surface area contributed by atoms with Crippen molar-refractivity contribution in [3.05, 3.63) is 65.7 Å². The lowest BCUT2D eigenvalue weighted by Gasteiger charge is -2.17. The molecule has 0 saturated carbocycles. The predicted octanol–water partition coefficient (Wildman–Crippen LogP) is 4.16. The van der Waals surface area contributed by atoms with Crippen LogP contribution >= 0.6 is 0 Å². The van der Waals surface area contributed by atoms with Crippen molar-refractivity contribution in [2.75, 3.05) is 7.11 Å². The summed E-state index contributed by atoms with van der Waals surface area (Å²) in [7, 11) is 1.21. The topological polar surface area (TPSA) is 80.9 Å². The normalized spacial score (nSPS) is 12.6. The number of ketones is 1. The van der Waals surface area contributed by atoms with Gasteiger partial charge >= 0.3 is 5.97 Å². The molecule has 2 heterocycles. The number of methoxy groups -OCH3 is 1. The number of Topliss-reactive ketones (excluding diaryl/α,β-unsaturated/α-hetero) is 1. The maximum Gasteiger partial charge on any atom is 0.313 e. The van der Waals surface area contributed by atoms with E-state index in [9.17, 15) is 19.1 Å². The number of aromatic nitrogens is 2. The Morgan fingerprint density at radius 2 is 1.94 bits per heavy atom. The van der Waals surface area contributed by atoms with Crippen LogP contribution in [0.5, 0.6) is 0 Å². The SMILES string of the molecule is COC(=O)CC(=O)CC(O)/C=C/c1c(C(C)C)nn2cccc2c1-c1ccc(F)cc1. The third-order valence-electron chi connectivity index (χ3n) is 4.92. The first-order valence-electron chi connectivity index (χ1n) is 10.0. The van der Waals surface area contributed by atoms with Crippen LogP contribution < -0.4 is 0 Å². The lowest BCUT2D eigenvalue weighted by Crippen LogP contribution is -2.15. The number of carbonyl (C=O) groups is 2. The van der Waals surface area contributed by atoms with E-state index < -0.39 is 17.9 Å². The largest absolute Gasteiger partial charge is 0.469 e. The van der Waals surface area contributed by atoms with Crippen LogP contribution in [0.4, 0.5) is 4.39 Å².